The Hall–Kier alpha value is -2.20. The van der Waals surface area contributed by atoms with Gasteiger partial charge < -0.3 is 10.4 Å². The maximum atomic E-state index is 12.8. The summed E-state index contributed by atoms with van der Waals surface area (Å²) in [6.45, 7) is 1.86. The minimum atomic E-state index is -0.625. The number of rotatable bonds is 4. The molecule has 0 saturated carbocycles. The Morgan fingerprint density at radius 3 is 2.50 bits per heavy atom. The van der Waals surface area contributed by atoms with Crippen LogP contribution in [0.5, 0.6) is 0 Å². The fourth-order valence-corrected chi connectivity index (χ4v) is 1.92. The van der Waals surface area contributed by atoms with Crippen LogP contribution >= 0.6 is 0 Å². The lowest BCUT2D eigenvalue weighted by Gasteiger charge is -2.14. The number of carbonyl (C=O) groups is 1. The predicted molar refractivity (Wildman–Crippen MR) is 76.0 cm³/mol. The van der Waals surface area contributed by atoms with Gasteiger partial charge in [0.1, 0.15) is 5.82 Å². The van der Waals surface area contributed by atoms with Crippen LogP contribution in [0, 0.1) is 5.82 Å². The molecular formula is C16H16FNO2. The van der Waals surface area contributed by atoms with Gasteiger partial charge in [-0.3, -0.25) is 4.79 Å². The van der Waals surface area contributed by atoms with Crippen LogP contribution in [0.3, 0.4) is 0 Å². The van der Waals surface area contributed by atoms with Crippen LogP contribution in [0.4, 0.5) is 10.1 Å². The van der Waals surface area contributed by atoms with Crippen molar-refractivity contribution in [3.8, 4) is 0 Å². The number of amides is 1. The molecule has 1 atom stereocenters. The smallest absolute Gasteiger partial charge is 0.255 e. The first-order valence-electron chi connectivity index (χ1n) is 6.45. The highest BCUT2D eigenvalue weighted by atomic mass is 19.1. The number of hydrogen-bond acceptors (Lipinski definition) is 2. The molecule has 2 aromatic rings. The van der Waals surface area contributed by atoms with Crippen LogP contribution < -0.4 is 5.32 Å². The Morgan fingerprint density at radius 2 is 1.85 bits per heavy atom. The number of anilines is 1. The van der Waals surface area contributed by atoms with Gasteiger partial charge in [0.25, 0.3) is 5.91 Å². The number of nitrogens with one attached hydrogen (secondary N) is 1. The molecule has 0 heterocycles. The lowest BCUT2D eigenvalue weighted by atomic mass is 10.0. The molecule has 0 radical (unpaired) electrons. The highest BCUT2D eigenvalue weighted by Gasteiger charge is 2.13. The van der Waals surface area contributed by atoms with Crippen LogP contribution in [-0.2, 0) is 0 Å². The number of aliphatic hydroxyl groups excluding tert-OH is 1. The lowest BCUT2D eigenvalue weighted by Crippen LogP contribution is -2.14. The van der Waals surface area contributed by atoms with Gasteiger partial charge in [-0.2, -0.15) is 0 Å². The van der Waals surface area contributed by atoms with E-state index < -0.39 is 6.10 Å². The molecule has 0 aliphatic rings. The molecule has 4 heteroatoms. The van der Waals surface area contributed by atoms with Gasteiger partial charge in [0.15, 0.2) is 0 Å². The Labute approximate surface area is 117 Å². The van der Waals surface area contributed by atoms with Crippen molar-refractivity contribution in [2.45, 2.75) is 19.4 Å². The average Bonchev–Trinajstić information content (AvgIpc) is 2.47. The standard InChI is InChI=1S/C16H16FNO2/c1-2-15(19)13-5-3-4-6-14(13)18-16(20)11-7-9-12(17)10-8-11/h3-10,15,19H,2H2,1H3,(H,18,20)/t15-/m0/s1. The third-order valence-corrected chi connectivity index (χ3v) is 3.06. The molecule has 20 heavy (non-hydrogen) atoms. The molecular weight excluding hydrogens is 257 g/mol. The Balaban J connectivity index is 2.21. The molecule has 1 amide bonds. The van der Waals surface area contributed by atoms with E-state index in [9.17, 15) is 14.3 Å². The summed E-state index contributed by atoms with van der Waals surface area (Å²) in [6, 6.07) is 12.4. The molecule has 0 aliphatic carbocycles. The fourth-order valence-electron chi connectivity index (χ4n) is 1.92. The average molecular weight is 273 g/mol. The van der Waals surface area contributed by atoms with Crippen LogP contribution in [0.15, 0.2) is 48.5 Å². The Bertz CT molecular complexity index is 596. The molecule has 2 rings (SSSR count). The molecule has 3 nitrogen and oxygen atoms in total. The van der Waals surface area contributed by atoms with E-state index in [0.29, 0.717) is 23.2 Å². The quantitative estimate of drug-likeness (QED) is 0.895. The second-order valence-corrected chi connectivity index (χ2v) is 4.47. The number of hydrogen-bond donors (Lipinski definition) is 2. The maximum Gasteiger partial charge on any atom is 0.255 e. The molecule has 0 fully saturated rings. The van der Waals surface area contributed by atoms with Gasteiger partial charge in [-0.15, -0.1) is 0 Å². The molecule has 0 saturated heterocycles. The van der Waals surface area contributed by atoms with Gasteiger partial charge in [0.2, 0.25) is 0 Å². The fraction of sp³-hybridized carbons (Fsp3) is 0.188. The maximum absolute atomic E-state index is 12.8. The van der Waals surface area contributed by atoms with Crippen molar-refractivity contribution in [2.75, 3.05) is 5.32 Å². The van der Waals surface area contributed by atoms with Gasteiger partial charge >= 0.3 is 0 Å². The SMILES string of the molecule is CC[C@H](O)c1ccccc1NC(=O)c1ccc(F)cc1. The zero-order valence-corrected chi connectivity index (χ0v) is 11.1. The highest BCUT2D eigenvalue weighted by molar-refractivity contribution is 6.04. The largest absolute Gasteiger partial charge is 0.388 e. The number of aliphatic hydroxyl groups is 1. The molecule has 0 spiro atoms. The third kappa shape index (κ3) is 3.22. The minimum Gasteiger partial charge on any atom is -0.388 e. The summed E-state index contributed by atoms with van der Waals surface area (Å²) in [5, 5.41) is 12.7. The van der Waals surface area contributed by atoms with Gasteiger partial charge in [-0.1, -0.05) is 25.1 Å². The van der Waals surface area contributed by atoms with Crippen LogP contribution in [0.1, 0.15) is 35.4 Å². The molecule has 0 aliphatic heterocycles. The molecule has 0 unspecified atom stereocenters. The normalized spacial score (nSPS) is 11.9. The molecule has 0 bridgehead atoms. The Morgan fingerprint density at radius 1 is 1.20 bits per heavy atom. The Kier molecular flexibility index (Phi) is 4.48. The zero-order chi connectivity index (χ0) is 14.5. The molecule has 2 aromatic carbocycles. The highest BCUT2D eigenvalue weighted by Crippen LogP contribution is 2.25. The van der Waals surface area contributed by atoms with Crippen molar-refractivity contribution in [3.63, 3.8) is 0 Å². The lowest BCUT2D eigenvalue weighted by molar-refractivity contribution is 0.102. The van der Waals surface area contributed by atoms with Crippen molar-refractivity contribution in [1.29, 1.82) is 0 Å². The summed E-state index contributed by atoms with van der Waals surface area (Å²) >= 11 is 0. The van der Waals surface area contributed by atoms with E-state index in [2.05, 4.69) is 5.32 Å². The van der Waals surface area contributed by atoms with Crippen LogP contribution in [-0.4, -0.2) is 11.0 Å². The zero-order valence-electron chi connectivity index (χ0n) is 11.1. The van der Waals surface area contributed by atoms with Gasteiger partial charge in [0.05, 0.1) is 6.10 Å². The van der Waals surface area contributed by atoms with Crippen molar-refractivity contribution >= 4 is 11.6 Å². The molecule has 104 valence electrons. The predicted octanol–water partition coefficient (Wildman–Crippen LogP) is 3.52. The van der Waals surface area contributed by atoms with Crippen molar-refractivity contribution in [2.24, 2.45) is 0 Å². The van der Waals surface area contributed by atoms with E-state index in [0.717, 1.165) is 0 Å². The van der Waals surface area contributed by atoms with Crippen molar-refractivity contribution in [1.82, 2.24) is 0 Å². The first-order chi connectivity index (χ1) is 9.61. The van der Waals surface area contributed by atoms with E-state index >= 15 is 0 Å². The summed E-state index contributed by atoms with van der Waals surface area (Å²) in [5.41, 5.74) is 1.61. The number of carbonyl (C=O) groups excluding carboxylic acids is 1. The van der Waals surface area contributed by atoms with Gasteiger partial charge in [-0.05, 0) is 36.8 Å². The van der Waals surface area contributed by atoms with E-state index in [1.54, 1.807) is 18.2 Å². The second-order valence-electron chi connectivity index (χ2n) is 4.47. The summed E-state index contributed by atoms with van der Waals surface area (Å²) in [7, 11) is 0. The van der Waals surface area contributed by atoms with Crippen LogP contribution in [0.2, 0.25) is 0 Å². The summed E-state index contributed by atoms with van der Waals surface area (Å²) in [6.07, 6.45) is -0.0663. The van der Waals surface area contributed by atoms with Gasteiger partial charge in [0, 0.05) is 16.8 Å². The van der Waals surface area contributed by atoms with Crippen molar-refractivity contribution in [3.05, 3.63) is 65.5 Å². The number of halogens is 1. The van der Waals surface area contributed by atoms with E-state index in [-0.39, 0.29) is 11.7 Å². The summed E-state index contributed by atoms with van der Waals surface area (Å²) < 4.78 is 12.8. The summed E-state index contributed by atoms with van der Waals surface area (Å²) in [4.78, 5) is 12.1. The minimum absolute atomic E-state index is 0.333. The van der Waals surface area contributed by atoms with E-state index in [4.69, 9.17) is 0 Å². The number of para-hydroxylation sites is 1. The number of benzene rings is 2. The first-order valence-corrected chi connectivity index (χ1v) is 6.45. The molecule has 2 N–H and O–H groups in total. The topological polar surface area (TPSA) is 49.3 Å². The first kappa shape index (κ1) is 14.2. The third-order valence-electron chi connectivity index (χ3n) is 3.06. The van der Waals surface area contributed by atoms with Crippen molar-refractivity contribution < 1.29 is 14.3 Å². The summed E-state index contributed by atoms with van der Waals surface area (Å²) in [5.74, 6) is -0.718. The monoisotopic (exact) mass is 273 g/mol. The van der Waals surface area contributed by atoms with Gasteiger partial charge in [-0.25, -0.2) is 4.39 Å². The van der Waals surface area contributed by atoms with Crippen LogP contribution in [0.25, 0.3) is 0 Å². The second kappa shape index (κ2) is 6.30. The van der Waals surface area contributed by atoms with E-state index in [1.807, 2.05) is 13.0 Å². The molecule has 0 aromatic heterocycles. The van der Waals surface area contributed by atoms with E-state index in [1.165, 1.54) is 24.3 Å².